The fourth-order valence-corrected chi connectivity index (χ4v) is 2.37. The van der Waals surface area contributed by atoms with E-state index < -0.39 is 0 Å². The number of pyridine rings is 1. The van der Waals surface area contributed by atoms with Gasteiger partial charge < -0.3 is 0 Å². The van der Waals surface area contributed by atoms with Crippen LogP contribution in [0, 0.1) is 0 Å². The minimum Gasteiger partial charge on any atom is -0.256 e. The van der Waals surface area contributed by atoms with Gasteiger partial charge in [-0.25, -0.2) is 0 Å². The van der Waals surface area contributed by atoms with Gasteiger partial charge in [0, 0.05) is 11.6 Å². The molecule has 1 aliphatic rings. The summed E-state index contributed by atoms with van der Waals surface area (Å²) < 4.78 is 0. The molecule has 0 saturated heterocycles. The fraction of sp³-hybridized carbons (Fsp3) is 0.211. The van der Waals surface area contributed by atoms with Crippen LogP contribution < -0.4 is 10.7 Å². The summed E-state index contributed by atoms with van der Waals surface area (Å²) in [5.41, 5.74) is 0.856. The van der Waals surface area contributed by atoms with Gasteiger partial charge in [-0.05, 0) is 37.6 Å². The van der Waals surface area contributed by atoms with Gasteiger partial charge >= 0.3 is 0 Å². The normalized spacial score (nSPS) is 14.3. The second kappa shape index (κ2) is 6.06. The van der Waals surface area contributed by atoms with E-state index in [0.29, 0.717) is 0 Å². The number of benzene rings is 2. The zero-order valence-corrected chi connectivity index (χ0v) is 12.9. The van der Waals surface area contributed by atoms with Crippen LogP contribution in [-0.4, -0.2) is 10.6 Å². The van der Waals surface area contributed by atoms with Crippen molar-refractivity contribution in [2.75, 3.05) is 0 Å². The van der Waals surface area contributed by atoms with Crippen LogP contribution in [0.15, 0.2) is 76.8 Å². The maximum atomic E-state index is 4.54. The number of rotatable bonds is 1. The maximum Gasteiger partial charge on any atom is 0.148 e. The second-order valence-corrected chi connectivity index (χ2v) is 5.48. The van der Waals surface area contributed by atoms with Crippen LogP contribution in [0.1, 0.15) is 20.3 Å². The van der Waals surface area contributed by atoms with Crippen LogP contribution in [0.2, 0.25) is 0 Å². The van der Waals surface area contributed by atoms with E-state index in [1.807, 2.05) is 54.7 Å². The van der Waals surface area contributed by atoms with Crippen LogP contribution >= 0.6 is 0 Å². The van der Waals surface area contributed by atoms with Gasteiger partial charge in [0.15, 0.2) is 0 Å². The zero-order valence-electron chi connectivity index (χ0n) is 12.9. The van der Waals surface area contributed by atoms with Crippen molar-refractivity contribution >= 4 is 10.9 Å². The van der Waals surface area contributed by atoms with Crippen molar-refractivity contribution in [2.45, 2.75) is 25.9 Å². The van der Waals surface area contributed by atoms with Crippen molar-refractivity contribution in [3.05, 3.63) is 77.6 Å². The second-order valence-electron chi connectivity index (χ2n) is 5.48. The molecule has 0 bridgehead atoms. The molecule has 3 heteroatoms. The molecule has 2 heterocycles. The smallest absolute Gasteiger partial charge is 0.148 e. The van der Waals surface area contributed by atoms with Gasteiger partial charge in [-0.3, -0.25) is 15.0 Å². The molecule has 3 nitrogen and oxygen atoms in total. The summed E-state index contributed by atoms with van der Waals surface area (Å²) in [7, 11) is 0. The Kier molecular flexibility index (Phi) is 3.96. The third-order valence-electron chi connectivity index (χ3n) is 3.79. The molecule has 0 atom stereocenters. The van der Waals surface area contributed by atoms with Gasteiger partial charge in [-0.15, -0.1) is 0 Å². The van der Waals surface area contributed by atoms with Crippen LogP contribution in [0.3, 0.4) is 0 Å². The summed E-state index contributed by atoms with van der Waals surface area (Å²) in [6, 6.07) is 20.1. The Morgan fingerprint density at radius 1 is 0.818 bits per heavy atom. The van der Waals surface area contributed by atoms with E-state index in [4.69, 9.17) is 0 Å². The number of hydrogen-bond acceptors (Lipinski definition) is 3. The maximum absolute atomic E-state index is 4.54. The molecule has 0 fully saturated rings. The fourth-order valence-electron chi connectivity index (χ4n) is 2.37. The van der Waals surface area contributed by atoms with E-state index in [1.165, 1.54) is 5.39 Å². The summed E-state index contributed by atoms with van der Waals surface area (Å²) >= 11 is 0. The number of fused-ring (bicyclic) bond motifs is 2. The average Bonchev–Trinajstić information content (AvgIpc) is 2.92. The third-order valence-corrected chi connectivity index (χ3v) is 3.79. The number of hydrogen-bond donors (Lipinski definition) is 0. The average molecular weight is 289 g/mol. The molecule has 0 spiro atoms. The van der Waals surface area contributed by atoms with Crippen molar-refractivity contribution in [2.24, 2.45) is 9.98 Å². The minimum atomic E-state index is -0.205. The summed E-state index contributed by atoms with van der Waals surface area (Å²) in [5.74, 6) is 0. The van der Waals surface area contributed by atoms with Crippen molar-refractivity contribution in [1.29, 1.82) is 0 Å². The molecule has 1 aliphatic heterocycles. The lowest BCUT2D eigenvalue weighted by Crippen LogP contribution is -2.19. The first-order valence-corrected chi connectivity index (χ1v) is 7.55. The molecule has 4 rings (SSSR count). The molecule has 2 aromatic carbocycles. The standard InChI is InChI=1S/C10H12N2.C9H7N/c1-3-10(2)11-8-6-4-5-7-9(8)12-10;1-2-6-9-8(4-1)5-3-7-10-9/h4-7H,3H2,1-2H3;1-7H. The summed E-state index contributed by atoms with van der Waals surface area (Å²) in [4.78, 5) is 13.3. The van der Waals surface area contributed by atoms with E-state index in [2.05, 4.69) is 40.9 Å². The van der Waals surface area contributed by atoms with Crippen LogP contribution in [0.5, 0.6) is 0 Å². The van der Waals surface area contributed by atoms with Crippen LogP contribution in [0.25, 0.3) is 10.9 Å². The van der Waals surface area contributed by atoms with E-state index in [1.54, 1.807) is 0 Å². The third kappa shape index (κ3) is 3.03. The molecule has 0 radical (unpaired) electrons. The Morgan fingerprint density at radius 3 is 2.05 bits per heavy atom. The Labute approximate surface area is 130 Å². The molecule has 0 N–H and O–H groups in total. The number of aromatic nitrogens is 1. The van der Waals surface area contributed by atoms with E-state index >= 15 is 0 Å². The Morgan fingerprint density at radius 2 is 1.41 bits per heavy atom. The van der Waals surface area contributed by atoms with Crippen LogP contribution in [0.4, 0.5) is 0 Å². The van der Waals surface area contributed by atoms with Crippen LogP contribution in [-0.2, 0) is 0 Å². The molecule has 1 aromatic heterocycles. The SMILES string of the molecule is CCC1(C)N=c2ccccc2=N1.c1ccc2ncccc2c1. The molecular weight excluding hydrogens is 270 g/mol. The Bertz CT molecular complexity index is 799. The lowest BCUT2D eigenvalue weighted by atomic mass is 10.2. The van der Waals surface area contributed by atoms with Gasteiger partial charge in [0.05, 0.1) is 16.2 Å². The predicted octanol–water partition coefficient (Wildman–Crippen LogP) is 3.30. The lowest BCUT2D eigenvalue weighted by molar-refractivity contribution is 0.476. The largest absolute Gasteiger partial charge is 0.256 e. The zero-order chi connectivity index (χ0) is 15.4. The van der Waals surface area contributed by atoms with Gasteiger partial charge in [-0.1, -0.05) is 43.3 Å². The van der Waals surface area contributed by atoms with E-state index in [-0.39, 0.29) is 5.66 Å². The highest BCUT2D eigenvalue weighted by Crippen LogP contribution is 2.16. The highest BCUT2D eigenvalue weighted by atomic mass is 15.1. The summed E-state index contributed by atoms with van der Waals surface area (Å²) in [5, 5.41) is 3.26. The molecule has 110 valence electrons. The lowest BCUT2D eigenvalue weighted by Gasteiger charge is -2.12. The van der Waals surface area contributed by atoms with Gasteiger partial charge in [0.1, 0.15) is 5.66 Å². The Balaban J connectivity index is 0.000000133. The molecule has 22 heavy (non-hydrogen) atoms. The molecule has 0 saturated carbocycles. The first kappa shape index (κ1) is 14.4. The van der Waals surface area contributed by atoms with Gasteiger partial charge in [0.25, 0.3) is 0 Å². The topological polar surface area (TPSA) is 37.6 Å². The predicted molar refractivity (Wildman–Crippen MR) is 89.2 cm³/mol. The Hall–Kier alpha value is -2.55. The van der Waals surface area contributed by atoms with E-state index in [0.717, 1.165) is 22.7 Å². The van der Waals surface area contributed by atoms with Crippen molar-refractivity contribution in [3.8, 4) is 0 Å². The summed E-state index contributed by atoms with van der Waals surface area (Å²) in [6.45, 7) is 4.17. The quantitative estimate of drug-likeness (QED) is 0.677. The molecule has 0 unspecified atom stereocenters. The van der Waals surface area contributed by atoms with Gasteiger partial charge in [-0.2, -0.15) is 0 Å². The first-order chi connectivity index (χ1) is 10.7. The van der Waals surface area contributed by atoms with Crippen molar-refractivity contribution in [3.63, 3.8) is 0 Å². The summed E-state index contributed by atoms with van der Waals surface area (Å²) in [6.07, 6.45) is 2.77. The van der Waals surface area contributed by atoms with Crippen molar-refractivity contribution in [1.82, 2.24) is 4.98 Å². The van der Waals surface area contributed by atoms with Gasteiger partial charge in [0.2, 0.25) is 0 Å². The highest BCUT2D eigenvalue weighted by Gasteiger charge is 2.21. The molecular formula is C19H19N3. The molecule has 3 aromatic rings. The molecule has 0 amide bonds. The van der Waals surface area contributed by atoms with Crippen molar-refractivity contribution < 1.29 is 0 Å². The van der Waals surface area contributed by atoms with E-state index in [9.17, 15) is 0 Å². The number of nitrogens with zero attached hydrogens (tertiary/aromatic N) is 3. The number of para-hydroxylation sites is 3. The minimum absolute atomic E-state index is 0.205. The highest BCUT2D eigenvalue weighted by molar-refractivity contribution is 5.77. The molecule has 0 aliphatic carbocycles. The monoisotopic (exact) mass is 289 g/mol. The first-order valence-electron chi connectivity index (χ1n) is 7.55.